The van der Waals surface area contributed by atoms with Gasteiger partial charge in [0, 0.05) is 19.8 Å². The van der Waals surface area contributed by atoms with Crippen molar-refractivity contribution in [2.75, 3.05) is 24.3 Å². The van der Waals surface area contributed by atoms with Gasteiger partial charge in [-0.05, 0) is 12.1 Å². The predicted molar refractivity (Wildman–Crippen MR) is 70.8 cm³/mol. The molecule has 1 heterocycles. The average Bonchev–Trinajstić information content (AvgIpc) is 2.47. The Kier molecular flexibility index (Phi) is 3.52. The van der Waals surface area contributed by atoms with Crippen molar-refractivity contribution in [2.24, 2.45) is 0 Å². The molecule has 92 valence electrons. The summed E-state index contributed by atoms with van der Waals surface area (Å²) in [7, 11) is 3.47. The molecule has 0 bridgehead atoms. The van der Waals surface area contributed by atoms with E-state index in [2.05, 4.69) is 15.3 Å². The molecule has 1 aromatic carbocycles. The molecule has 18 heavy (non-hydrogen) atoms. The van der Waals surface area contributed by atoms with Crippen LogP contribution in [0, 0.1) is 0 Å². The lowest BCUT2D eigenvalue weighted by molar-refractivity contribution is 0.0988. The van der Waals surface area contributed by atoms with Gasteiger partial charge in [-0.2, -0.15) is 0 Å². The number of aromatic nitrogens is 2. The molecule has 1 N–H and O–H groups in total. The van der Waals surface area contributed by atoms with E-state index in [9.17, 15) is 4.79 Å². The fourth-order valence-corrected chi connectivity index (χ4v) is 1.51. The van der Waals surface area contributed by atoms with Crippen molar-refractivity contribution >= 4 is 17.4 Å². The topological polar surface area (TPSA) is 58.1 Å². The van der Waals surface area contributed by atoms with Gasteiger partial charge in [0.15, 0.2) is 0 Å². The van der Waals surface area contributed by atoms with Crippen molar-refractivity contribution in [3.63, 3.8) is 0 Å². The third-order valence-electron chi connectivity index (χ3n) is 2.58. The quantitative estimate of drug-likeness (QED) is 0.891. The molecule has 2 aromatic rings. The van der Waals surface area contributed by atoms with Gasteiger partial charge in [0.1, 0.15) is 11.5 Å². The Hall–Kier alpha value is -2.43. The highest BCUT2D eigenvalue weighted by Crippen LogP contribution is 2.13. The molecular formula is C13H14N4O. The second-order valence-electron chi connectivity index (χ2n) is 3.74. The highest BCUT2D eigenvalue weighted by Gasteiger charge is 2.14. The minimum atomic E-state index is -0.184. The molecule has 0 aliphatic carbocycles. The zero-order valence-electron chi connectivity index (χ0n) is 10.3. The second-order valence-corrected chi connectivity index (χ2v) is 3.74. The van der Waals surface area contributed by atoms with Crippen molar-refractivity contribution in [1.82, 2.24) is 9.97 Å². The molecule has 0 saturated carbocycles. The number of amides is 1. The summed E-state index contributed by atoms with van der Waals surface area (Å²) in [5.74, 6) is 0.449. The predicted octanol–water partition coefficient (Wildman–Crippen LogP) is 1.79. The summed E-state index contributed by atoms with van der Waals surface area (Å²) in [6.45, 7) is 0. The fraction of sp³-hybridized carbons (Fsp3) is 0.154. The Bertz CT molecular complexity index is 524. The molecule has 0 unspecified atom stereocenters. The maximum absolute atomic E-state index is 12.1. The maximum atomic E-state index is 12.1. The van der Waals surface area contributed by atoms with Gasteiger partial charge >= 0.3 is 0 Å². The summed E-state index contributed by atoms with van der Waals surface area (Å²) in [6, 6.07) is 9.41. The van der Waals surface area contributed by atoms with E-state index in [1.54, 1.807) is 19.0 Å². The molecule has 0 aliphatic heterocycles. The van der Waals surface area contributed by atoms with Crippen LogP contribution in [0.4, 0.5) is 11.5 Å². The van der Waals surface area contributed by atoms with E-state index in [1.165, 1.54) is 12.4 Å². The summed E-state index contributed by atoms with van der Waals surface area (Å²) >= 11 is 0. The molecule has 1 aromatic heterocycles. The molecular weight excluding hydrogens is 228 g/mol. The summed E-state index contributed by atoms with van der Waals surface area (Å²) in [6.07, 6.45) is 3.00. The highest BCUT2D eigenvalue weighted by atomic mass is 16.2. The summed E-state index contributed by atoms with van der Waals surface area (Å²) < 4.78 is 0. The van der Waals surface area contributed by atoms with E-state index in [-0.39, 0.29) is 5.91 Å². The molecule has 2 rings (SSSR count). The van der Waals surface area contributed by atoms with E-state index in [0.717, 1.165) is 5.69 Å². The third kappa shape index (κ3) is 2.45. The van der Waals surface area contributed by atoms with E-state index in [1.807, 2.05) is 30.3 Å². The second kappa shape index (κ2) is 5.27. The van der Waals surface area contributed by atoms with Gasteiger partial charge in [-0.3, -0.25) is 4.79 Å². The fourth-order valence-electron chi connectivity index (χ4n) is 1.51. The highest BCUT2D eigenvalue weighted by molar-refractivity contribution is 6.04. The molecule has 0 radical (unpaired) electrons. The van der Waals surface area contributed by atoms with Crippen LogP contribution < -0.4 is 10.2 Å². The van der Waals surface area contributed by atoms with Gasteiger partial charge in [0.05, 0.1) is 12.4 Å². The monoisotopic (exact) mass is 242 g/mol. The van der Waals surface area contributed by atoms with Crippen molar-refractivity contribution in [1.29, 1.82) is 0 Å². The number of rotatable bonds is 3. The summed E-state index contributed by atoms with van der Waals surface area (Å²) in [5, 5.41) is 2.86. The van der Waals surface area contributed by atoms with Crippen LogP contribution >= 0.6 is 0 Å². The van der Waals surface area contributed by atoms with E-state index in [0.29, 0.717) is 11.5 Å². The van der Waals surface area contributed by atoms with Gasteiger partial charge in [-0.15, -0.1) is 0 Å². The van der Waals surface area contributed by atoms with Crippen molar-refractivity contribution in [2.45, 2.75) is 0 Å². The van der Waals surface area contributed by atoms with Crippen LogP contribution in [-0.2, 0) is 0 Å². The molecule has 0 atom stereocenters. The van der Waals surface area contributed by atoms with Crippen LogP contribution in [0.3, 0.4) is 0 Å². The lowest BCUT2D eigenvalue weighted by Gasteiger charge is -2.16. The maximum Gasteiger partial charge on any atom is 0.278 e. The van der Waals surface area contributed by atoms with Gasteiger partial charge in [0.2, 0.25) is 0 Å². The first kappa shape index (κ1) is 12.0. The van der Waals surface area contributed by atoms with Gasteiger partial charge in [0.25, 0.3) is 5.91 Å². The lowest BCUT2D eigenvalue weighted by atomic mass is 10.3. The van der Waals surface area contributed by atoms with Crippen LogP contribution in [-0.4, -0.2) is 30.0 Å². The van der Waals surface area contributed by atoms with E-state index in [4.69, 9.17) is 0 Å². The molecule has 5 nitrogen and oxygen atoms in total. The molecule has 0 saturated heterocycles. The Balaban J connectivity index is 2.20. The summed E-state index contributed by atoms with van der Waals surface area (Å²) in [4.78, 5) is 21.8. The first-order valence-electron chi connectivity index (χ1n) is 5.55. The number of hydrogen-bond donors (Lipinski definition) is 1. The third-order valence-corrected chi connectivity index (χ3v) is 2.58. The summed E-state index contributed by atoms with van der Waals surface area (Å²) in [5.41, 5.74) is 1.14. The minimum absolute atomic E-state index is 0.184. The molecule has 5 heteroatoms. The number of carbonyl (C=O) groups is 1. The zero-order valence-corrected chi connectivity index (χ0v) is 10.3. The van der Waals surface area contributed by atoms with Crippen molar-refractivity contribution in [3.8, 4) is 0 Å². The Morgan fingerprint density at radius 2 is 1.89 bits per heavy atom. The smallest absolute Gasteiger partial charge is 0.278 e. The zero-order chi connectivity index (χ0) is 13.0. The normalized spacial score (nSPS) is 9.89. The largest absolute Gasteiger partial charge is 0.372 e. The van der Waals surface area contributed by atoms with Crippen LogP contribution in [0.15, 0.2) is 42.7 Å². The number of para-hydroxylation sites is 1. The van der Waals surface area contributed by atoms with Crippen LogP contribution in [0.1, 0.15) is 10.5 Å². The average molecular weight is 242 g/mol. The van der Waals surface area contributed by atoms with Gasteiger partial charge < -0.3 is 10.2 Å². The standard InChI is InChI=1S/C13H14N4O/c1-14-12-9-15-11(8-16-12)13(18)17(2)10-6-4-3-5-7-10/h3-9H,1-2H3,(H,14,16). The molecule has 0 fully saturated rings. The number of hydrogen-bond acceptors (Lipinski definition) is 4. The molecule has 0 spiro atoms. The number of anilines is 2. The van der Waals surface area contributed by atoms with Crippen LogP contribution in [0.25, 0.3) is 0 Å². The van der Waals surface area contributed by atoms with E-state index < -0.39 is 0 Å². The van der Waals surface area contributed by atoms with Crippen molar-refractivity contribution in [3.05, 3.63) is 48.4 Å². The first-order valence-corrected chi connectivity index (χ1v) is 5.55. The van der Waals surface area contributed by atoms with Gasteiger partial charge in [-0.25, -0.2) is 9.97 Å². The lowest BCUT2D eigenvalue weighted by Crippen LogP contribution is -2.27. The Morgan fingerprint density at radius 1 is 1.17 bits per heavy atom. The van der Waals surface area contributed by atoms with Crippen LogP contribution in [0.2, 0.25) is 0 Å². The van der Waals surface area contributed by atoms with E-state index >= 15 is 0 Å². The first-order chi connectivity index (χ1) is 8.72. The Morgan fingerprint density at radius 3 is 2.44 bits per heavy atom. The molecule has 0 aliphatic rings. The molecule has 1 amide bonds. The number of nitrogens with one attached hydrogen (secondary N) is 1. The SMILES string of the molecule is CNc1cnc(C(=O)N(C)c2ccccc2)cn1. The van der Waals surface area contributed by atoms with Crippen LogP contribution in [0.5, 0.6) is 0 Å². The number of benzene rings is 1. The van der Waals surface area contributed by atoms with Gasteiger partial charge in [-0.1, -0.05) is 18.2 Å². The minimum Gasteiger partial charge on any atom is -0.372 e. The number of nitrogens with zero attached hydrogens (tertiary/aromatic N) is 3. The Labute approximate surface area is 105 Å². The number of carbonyl (C=O) groups excluding carboxylic acids is 1. The van der Waals surface area contributed by atoms with Crippen molar-refractivity contribution < 1.29 is 4.79 Å².